The van der Waals surface area contributed by atoms with E-state index in [1.54, 1.807) is 12.1 Å². The van der Waals surface area contributed by atoms with E-state index in [0.717, 1.165) is 44.7 Å². The summed E-state index contributed by atoms with van der Waals surface area (Å²) in [6, 6.07) is 9.65. The Balaban J connectivity index is 1.54. The van der Waals surface area contributed by atoms with E-state index < -0.39 is 0 Å². The number of nitriles is 1. The first kappa shape index (κ1) is 16.3. The standard InChI is InChI=1S/C18H24N2O3/c19-12-14-3-1-4-15(11-14)23-10-8-20-7-9-22-13-17(20)16-5-2-6-18(16)21/h1,3-4,11,16-18,21H,2,5-10,13H2. The molecule has 124 valence electrons. The van der Waals surface area contributed by atoms with Crippen LogP contribution in [-0.4, -0.2) is 55.1 Å². The third-order valence-corrected chi connectivity index (χ3v) is 4.92. The number of aliphatic hydroxyl groups excluding tert-OH is 1. The molecular weight excluding hydrogens is 292 g/mol. The van der Waals surface area contributed by atoms with E-state index in [1.165, 1.54) is 0 Å². The summed E-state index contributed by atoms with van der Waals surface area (Å²) in [7, 11) is 0. The van der Waals surface area contributed by atoms with Crippen molar-refractivity contribution in [1.82, 2.24) is 4.90 Å². The summed E-state index contributed by atoms with van der Waals surface area (Å²) in [6.07, 6.45) is 2.90. The average molecular weight is 316 g/mol. The molecule has 1 aromatic rings. The van der Waals surface area contributed by atoms with Crippen molar-refractivity contribution in [2.45, 2.75) is 31.4 Å². The molecule has 1 saturated heterocycles. The van der Waals surface area contributed by atoms with Gasteiger partial charge in [0.1, 0.15) is 12.4 Å². The fourth-order valence-electron chi connectivity index (χ4n) is 3.68. The van der Waals surface area contributed by atoms with Gasteiger partial charge in [0.05, 0.1) is 31.0 Å². The summed E-state index contributed by atoms with van der Waals surface area (Å²) in [4.78, 5) is 2.39. The molecule has 1 saturated carbocycles. The van der Waals surface area contributed by atoms with Crippen molar-refractivity contribution < 1.29 is 14.6 Å². The molecule has 0 radical (unpaired) electrons. The lowest BCUT2D eigenvalue weighted by Gasteiger charge is -2.40. The summed E-state index contributed by atoms with van der Waals surface area (Å²) >= 11 is 0. The molecule has 2 fully saturated rings. The molecule has 1 aliphatic heterocycles. The lowest BCUT2D eigenvalue weighted by molar-refractivity contribution is -0.0532. The van der Waals surface area contributed by atoms with Crippen LogP contribution in [0.5, 0.6) is 5.75 Å². The van der Waals surface area contributed by atoms with Gasteiger partial charge in [-0.05, 0) is 31.0 Å². The maximum absolute atomic E-state index is 10.2. The molecule has 0 bridgehead atoms. The molecule has 5 heteroatoms. The van der Waals surface area contributed by atoms with E-state index in [1.807, 2.05) is 12.1 Å². The smallest absolute Gasteiger partial charge is 0.120 e. The summed E-state index contributed by atoms with van der Waals surface area (Å²) < 4.78 is 11.4. The molecule has 5 nitrogen and oxygen atoms in total. The predicted molar refractivity (Wildman–Crippen MR) is 86.2 cm³/mol. The van der Waals surface area contributed by atoms with Gasteiger partial charge in [-0.3, -0.25) is 4.90 Å². The Hall–Kier alpha value is -1.61. The number of nitrogens with zero attached hydrogens (tertiary/aromatic N) is 2. The largest absolute Gasteiger partial charge is 0.492 e. The number of hydrogen-bond donors (Lipinski definition) is 1. The van der Waals surface area contributed by atoms with Crippen molar-refractivity contribution in [1.29, 1.82) is 5.26 Å². The monoisotopic (exact) mass is 316 g/mol. The minimum Gasteiger partial charge on any atom is -0.492 e. The van der Waals surface area contributed by atoms with Crippen LogP contribution in [0.25, 0.3) is 0 Å². The zero-order valence-corrected chi connectivity index (χ0v) is 13.4. The van der Waals surface area contributed by atoms with Gasteiger partial charge in [0.15, 0.2) is 0 Å². The highest BCUT2D eigenvalue weighted by atomic mass is 16.5. The number of hydrogen-bond acceptors (Lipinski definition) is 5. The normalized spacial score (nSPS) is 28.4. The minimum absolute atomic E-state index is 0.197. The number of ether oxygens (including phenoxy) is 2. The van der Waals surface area contributed by atoms with Crippen LogP contribution in [0.4, 0.5) is 0 Å². The van der Waals surface area contributed by atoms with Crippen molar-refractivity contribution in [3.8, 4) is 11.8 Å². The van der Waals surface area contributed by atoms with Crippen molar-refractivity contribution in [3.63, 3.8) is 0 Å². The lowest BCUT2D eigenvalue weighted by atomic mass is 9.94. The van der Waals surface area contributed by atoms with E-state index >= 15 is 0 Å². The van der Waals surface area contributed by atoms with Crippen LogP contribution < -0.4 is 4.74 Å². The van der Waals surface area contributed by atoms with Gasteiger partial charge in [0.2, 0.25) is 0 Å². The number of aliphatic hydroxyl groups is 1. The van der Waals surface area contributed by atoms with E-state index in [4.69, 9.17) is 14.7 Å². The summed E-state index contributed by atoms with van der Waals surface area (Å²) in [5, 5.41) is 19.1. The summed E-state index contributed by atoms with van der Waals surface area (Å²) in [5.74, 6) is 1.05. The van der Waals surface area contributed by atoms with E-state index in [2.05, 4.69) is 11.0 Å². The number of rotatable bonds is 5. The van der Waals surface area contributed by atoms with Gasteiger partial charge < -0.3 is 14.6 Å². The second-order valence-electron chi connectivity index (χ2n) is 6.33. The van der Waals surface area contributed by atoms with Crippen molar-refractivity contribution >= 4 is 0 Å². The predicted octanol–water partition coefficient (Wildman–Crippen LogP) is 1.80. The third kappa shape index (κ3) is 4.03. The molecule has 2 aliphatic rings. The van der Waals surface area contributed by atoms with E-state index in [9.17, 15) is 5.11 Å². The minimum atomic E-state index is -0.197. The highest BCUT2D eigenvalue weighted by molar-refractivity contribution is 5.36. The second kappa shape index (κ2) is 7.78. The van der Waals surface area contributed by atoms with Gasteiger partial charge in [-0.2, -0.15) is 5.26 Å². The second-order valence-corrected chi connectivity index (χ2v) is 6.33. The van der Waals surface area contributed by atoms with Crippen LogP contribution in [0.15, 0.2) is 24.3 Å². The fraction of sp³-hybridized carbons (Fsp3) is 0.611. The molecular formula is C18H24N2O3. The zero-order chi connectivity index (χ0) is 16.1. The van der Waals surface area contributed by atoms with Crippen LogP contribution in [0, 0.1) is 17.2 Å². The van der Waals surface area contributed by atoms with Crippen LogP contribution in [0.2, 0.25) is 0 Å². The Morgan fingerprint density at radius 1 is 1.39 bits per heavy atom. The molecule has 0 spiro atoms. The average Bonchev–Trinajstić information content (AvgIpc) is 3.01. The van der Waals surface area contributed by atoms with Crippen LogP contribution in [0.3, 0.4) is 0 Å². The van der Waals surface area contributed by atoms with Gasteiger partial charge in [0.25, 0.3) is 0 Å². The van der Waals surface area contributed by atoms with Gasteiger partial charge >= 0.3 is 0 Å². The van der Waals surface area contributed by atoms with Gasteiger partial charge in [0, 0.05) is 25.0 Å². The summed E-state index contributed by atoms with van der Waals surface area (Å²) in [5.41, 5.74) is 0.612. The highest BCUT2D eigenvalue weighted by Gasteiger charge is 2.37. The molecule has 3 atom stereocenters. The molecule has 0 amide bonds. The third-order valence-electron chi connectivity index (χ3n) is 4.92. The Bertz CT molecular complexity index is 557. The molecule has 3 rings (SSSR count). The SMILES string of the molecule is N#Cc1cccc(OCCN2CCOCC2C2CCCC2O)c1. The van der Waals surface area contributed by atoms with Gasteiger partial charge in [-0.15, -0.1) is 0 Å². The molecule has 3 unspecified atom stereocenters. The number of benzene rings is 1. The molecule has 1 aliphatic carbocycles. The Labute approximate surface area is 137 Å². The van der Waals surface area contributed by atoms with Crippen molar-refractivity contribution in [3.05, 3.63) is 29.8 Å². The van der Waals surface area contributed by atoms with Gasteiger partial charge in [-0.25, -0.2) is 0 Å². The topological polar surface area (TPSA) is 65.7 Å². The number of morpholine rings is 1. The molecule has 0 aromatic heterocycles. The molecule has 23 heavy (non-hydrogen) atoms. The zero-order valence-electron chi connectivity index (χ0n) is 13.4. The summed E-state index contributed by atoms with van der Waals surface area (Å²) in [6.45, 7) is 3.71. The first-order chi connectivity index (χ1) is 11.3. The maximum atomic E-state index is 10.2. The van der Waals surface area contributed by atoms with Crippen LogP contribution in [0.1, 0.15) is 24.8 Å². The molecule has 1 heterocycles. The maximum Gasteiger partial charge on any atom is 0.120 e. The molecule has 1 aromatic carbocycles. The Morgan fingerprint density at radius 3 is 3.09 bits per heavy atom. The molecule has 1 N–H and O–H groups in total. The highest BCUT2D eigenvalue weighted by Crippen LogP contribution is 2.32. The quantitative estimate of drug-likeness (QED) is 0.897. The van der Waals surface area contributed by atoms with Gasteiger partial charge in [-0.1, -0.05) is 12.5 Å². The lowest BCUT2D eigenvalue weighted by Crippen LogP contribution is -2.52. The Morgan fingerprint density at radius 2 is 2.30 bits per heavy atom. The van der Waals surface area contributed by atoms with Crippen molar-refractivity contribution in [2.75, 3.05) is 32.9 Å². The van der Waals surface area contributed by atoms with Crippen LogP contribution >= 0.6 is 0 Å². The van der Waals surface area contributed by atoms with Crippen LogP contribution in [-0.2, 0) is 4.74 Å². The van der Waals surface area contributed by atoms with Crippen molar-refractivity contribution in [2.24, 2.45) is 5.92 Å². The Kier molecular flexibility index (Phi) is 5.50. The van der Waals surface area contributed by atoms with E-state index in [-0.39, 0.29) is 12.1 Å². The van der Waals surface area contributed by atoms with E-state index in [0.29, 0.717) is 24.7 Å². The first-order valence-electron chi connectivity index (χ1n) is 8.41. The first-order valence-corrected chi connectivity index (χ1v) is 8.41. The fourth-order valence-corrected chi connectivity index (χ4v) is 3.68.